The molecule has 1 atom stereocenters. The van der Waals surface area contributed by atoms with Gasteiger partial charge in [0, 0.05) is 41.0 Å². The molecule has 0 unspecified atom stereocenters. The number of methoxy groups -OCH3 is 1. The van der Waals surface area contributed by atoms with Crippen molar-refractivity contribution in [2.75, 3.05) is 7.11 Å². The first-order chi connectivity index (χ1) is 18.3. The third-order valence-electron chi connectivity index (χ3n) is 6.48. The van der Waals surface area contributed by atoms with E-state index in [1.165, 1.54) is 19.2 Å². The van der Waals surface area contributed by atoms with Crippen molar-refractivity contribution in [2.24, 2.45) is 0 Å². The van der Waals surface area contributed by atoms with Gasteiger partial charge in [-0.25, -0.2) is 14.0 Å². The molecule has 9 nitrogen and oxygen atoms in total. The maximum Gasteiger partial charge on any atom is 0.346 e. The van der Waals surface area contributed by atoms with Crippen LogP contribution >= 0.6 is 0 Å². The Morgan fingerprint density at radius 2 is 1.61 bits per heavy atom. The van der Waals surface area contributed by atoms with Crippen LogP contribution in [0.4, 0.5) is 10.1 Å². The molecule has 38 heavy (non-hydrogen) atoms. The summed E-state index contributed by atoms with van der Waals surface area (Å²) in [7, 11) is 1.50. The fourth-order valence-electron chi connectivity index (χ4n) is 4.77. The first kappa shape index (κ1) is 23.2. The molecule has 4 aromatic rings. The molecule has 0 amide bonds. The van der Waals surface area contributed by atoms with Gasteiger partial charge >= 0.3 is 11.9 Å². The van der Waals surface area contributed by atoms with E-state index in [9.17, 15) is 24.1 Å². The zero-order valence-corrected chi connectivity index (χ0v) is 19.6. The van der Waals surface area contributed by atoms with Gasteiger partial charge in [-0.3, -0.25) is 10.1 Å². The van der Waals surface area contributed by atoms with Crippen LogP contribution in [0.3, 0.4) is 0 Å². The Morgan fingerprint density at radius 3 is 2.32 bits per heavy atom. The van der Waals surface area contributed by atoms with Gasteiger partial charge in [0.2, 0.25) is 0 Å². The zero-order chi connectivity index (χ0) is 26.6. The summed E-state index contributed by atoms with van der Waals surface area (Å²) in [5.41, 5.74) is -0.313. The highest BCUT2D eigenvalue weighted by atomic mass is 19.1. The van der Waals surface area contributed by atoms with Gasteiger partial charge in [0.1, 0.15) is 34.4 Å². The number of carbonyl (C=O) groups is 2. The second kappa shape index (κ2) is 8.41. The van der Waals surface area contributed by atoms with Crippen LogP contribution in [-0.4, -0.2) is 24.0 Å². The summed E-state index contributed by atoms with van der Waals surface area (Å²) < 4.78 is 37.1. The number of esters is 2. The molecule has 0 aliphatic carbocycles. The van der Waals surface area contributed by atoms with E-state index in [1.807, 2.05) is 0 Å². The van der Waals surface area contributed by atoms with E-state index in [2.05, 4.69) is 0 Å². The molecule has 0 bridgehead atoms. The average Bonchev–Trinajstić information content (AvgIpc) is 3.21. The quantitative estimate of drug-likeness (QED) is 0.151. The van der Waals surface area contributed by atoms with E-state index in [1.54, 1.807) is 48.5 Å². The number of fused-ring (bicyclic) bond motifs is 6. The highest BCUT2D eigenvalue weighted by molar-refractivity contribution is 5.97. The summed E-state index contributed by atoms with van der Waals surface area (Å²) in [6.07, 6.45) is 0. The Balaban J connectivity index is 1.46. The zero-order valence-electron chi connectivity index (χ0n) is 19.6. The molecule has 0 radical (unpaired) electrons. The molecule has 10 heteroatoms. The normalized spacial score (nSPS) is 16.5. The van der Waals surface area contributed by atoms with Gasteiger partial charge in [-0.2, -0.15) is 0 Å². The van der Waals surface area contributed by atoms with Crippen molar-refractivity contribution in [3.63, 3.8) is 0 Å². The molecule has 0 aromatic heterocycles. The van der Waals surface area contributed by atoms with Crippen LogP contribution in [0.2, 0.25) is 0 Å². The summed E-state index contributed by atoms with van der Waals surface area (Å²) in [4.78, 5) is 35.9. The average molecular weight is 513 g/mol. The standard InChI is InChI=1S/C28H16FNO8/c1-35-16-7-9-21-24(13-16)37-25-14-17(36-26(31)19-12-15(30(33)34)6-11-23(19)29)8-10-22(25)28(21)20-5-3-2-4-18(20)27(32)38-28/h2-14H,1H3/t28-/m1/s1. The lowest BCUT2D eigenvalue weighted by Gasteiger charge is -2.36. The third kappa shape index (κ3) is 3.38. The van der Waals surface area contributed by atoms with Crippen LogP contribution < -0.4 is 14.2 Å². The number of halogens is 1. The summed E-state index contributed by atoms with van der Waals surface area (Å²) >= 11 is 0. The lowest BCUT2D eigenvalue weighted by atomic mass is 9.77. The maximum atomic E-state index is 14.3. The highest BCUT2D eigenvalue weighted by Gasteiger charge is 2.53. The van der Waals surface area contributed by atoms with Crippen molar-refractivity contribution < 1.29 is 37.9 Å². The minimum Gasteiger partial charge on any atom is -0.497 e. The number of nitro groups is 1. The molecule has 6 rings (SSSR count). The molecule has 4 aromatic carbocycles. The van der Waals surface area contributed by atoms with Crippen molar-refractivity contribution in [3.05, 3.63) is 123 Å². The predicted octanol–water partition coefficient (Wildman–Crippen LogP) is 5.53. The minimum atomic E-state index is -1.34. The van der Waals surface area contributed by atoms with E-state index in [0.29, 0.717) is 33.8 Å². The molecule has 0 saturated carbocycles. The molecule has 1 spiro atoms. The number of rotatable bonds is 4. The van der Waals surface area contributed by atoms with Crippen molar-refractivity contribution in [2.45, 2.75) is 5.60 Å². The monoisotopic (exact) mass is 513 g/mol. The van der Waals surface area contributed by atoms with Crippen LogP contribution in [0.15, 0.2) is 78.9 Å². The van der Waals surface area contributed by atoms with Gasteiger partial charge in [0.05, 0.1) is 17.6 Å². The highest BCUT2D eigenvalue weighted by Crippen LogP contribution is 2.57. The van der Waals surface area contributed by atoms with E-state index >= 15 is 0 Å². The molecule has 0 N–H and O–H groups in total. The number of hydrogen-bond acceptors (Lipinski definition) is 8. The Hall–Kier alpha value is -5.25. The Bertz CT molecular complexity index is 1680. The van der Waals surface area contributed by atoms with Gasteiger partial charge < -0.3 is 18.9 Å². The molecule has 2 heterocycles. The van der Waals surface area contributed by atoms with Crippen molar-refractivity contribution in [3.8, 4) is 23.0 Å². The number of carbonyl (C=O) groups excluding carboxylic acids is 2. The molecule has 2 aliphatic rings. The molecular formula is C28H16FNO8. The second-order valence-corrected chi connectivity index (χ2v) is 8.55. The van der Waals surface area contributed by atoms with Crippen LogP contribution in [0.1, 0.15) is 37.4 Å². The largest absolute Gasteiger partial charge is 0.497 e. The molecule has 0 saturated heterocycles. The van der Waals surface area contributed by atoms with Gasteiger partial charge in [-0.1, -0.05) is 18.2 Å². The summed E-state index contributed by atoms with van der Waals surface area (Å²) in [5.74, 6) is -1.54. The van der Waals surface area contributed by atoms with E-state index in [4.69, 9.17) is 18.9 Å². The number of nitrogens with zero attached hydrogens (tertiary/aromatic N) is 1. The summed E-state index contributed by atoms with van der Waals surface area (Å²) in [6.45, 7) is 0. The molecule has 188 valence electrons. The topological polar surface area (TPSA) is 114 Å². The molecule has 2 aliphatic heterocycles. The molecular weight excluding hydrogens is 497 g/mol. The number of hydrogen-bond donors (Lipinski definition) is 0. The van der Waals surface area contributed by atoms with Crippen molar-refractivity contribution in [1.29, 1.82) is 0 Å². The smallest absolute Gasteiger partial charge is 0.346 e. The van der Waals surface area contributed by atoms with Gasteiger partial charge in [-0.05, 0) is 36.4 Å². The van der Waals surface area contributed by atoms with Crippen LogP contribution in [0.5, 0.6) is 23.0 Å². The Labute approximate surface area is 214 Å². The summed E-state index contributed by atoms with van der Waals surface area (Å²) in [5, 5.41) is 11.1. The van der Waals surface area contributed by atoms with Gasteiger partial charge in [0.25, 0.3) is 5.69 Å². The van der Waals surface area contributed by atoms with E-state index in [0.717, 1.165) is 18.2 Å². The van der Waals surface area contributed by atoms with E-state index < -0.39 is 39.5 Å². The summed E-state index contributed by atoms with van der Waals surface area (Å²) in [6, 6.07) is 19.1. The first-order valence-electron chi connectivity index (χ1n) is 11.3. The molecule has 0 fully saturated rings. The van der Waals surface area contributed by atoms with Crippen LogP contribution in [0, 0.1) is 15.9 Å². The van der Waals surface area contributed by atoms with Crippen LogP contribution in [-0.2, 0) is 10.3 Å². The number of ether oxygens (including phenoxy) is 4. The fourth-order valence-corrected chi connectivity index (χ4v) is 4.77. The Morgan fingerprint density at radius 1 is 0.921 bits per heavy atom. The van der Waals surface area contributed by atoms with Crippen molar-refractivity contribution in [1.82, 2.24) is 0 Å². The third-order valence-corrected chi connectivity index (χ3v) is 6.48. The van der Waals surface area contributed by atoms with E-state index in [-0.39, 0.29) is 11.5 Å². The first-order valence-corrected chi connectivity index (χ1v) is 11.3. The number of benzene rings is 4. The lowest BCUT2D eigenvalue weighted by Crippen LogP contribution is -2.33. The number of non-ortho nitro benzene ring substituents is 1. The van der Waals surface area contributed by atoms with Crippen molar-refractivity contribution >= 4 is 17.6 Å². The lowest BCUT2D eigenvalue weighted by molar-refractivity contribution is -0.384. The second-order valence-electron chi connectivity index (χ2n) is 8.55. The fraction of sp³-hybridized carbons (Fsp3) is 0.0714. The number of nitro benzene ring substituents is 1. The Kier molecular flexibility index (Phi) is 5.13. The van der Waals surface area contributed by atoms with Crippen LogP contribution in [0.25, 0.3) is 0 Å². The SMILES string of the molecule is COc1ccc2c(c1)Oc1cc(OC(=O)c3cc([N+](=O)[O-])ccc3F)ccc1[C@]21OC(=O)c2ccccc21. The maximum absolute atomic E-state index is 14.3. The van der Waals surface area contributed by atoms with Gasteiger partial charge in [0.15, 0.2) is 5.60 Å². The van der Waals surface area contributed by atoms with Gasteiger partial charge in [-0.15, -0.1) is 0 Å². The minimum absolute atomic E-state index is 0.0150. The predicted molar refractivity (Wildman–Crippen MR) is 129 cm³/mol.